The molecule has 19 heavy (non-hydrogen) atoms. The molecule has 4 heteroatoms. The summed E-state index contributed by atoms with van der Waals surface area (Å²) in [6.45, 7) is 0.798. The van der Waals surface area contributed by atoms with E-state index in [0.29, 0.717) is 5.75 Å². The highest BCUT2D eigenvalue weighted by atomic mass is 16.3. The van der Waals surface area contributed by atoms with Crippen molar-refractivity contribution in [2.24, 2.45) is 0 Å². The number of hydrogen-bond acceptors (Lipinski definition) is 3. The Balaban J connectivity index is 1.73. The van der Waals surface area contributed by atoms with Gasteiger partial charge in [0.05, 0.1) is 6.04 Å². The van der Waals surface area contributed by atoms with Crippen LogP contribution in [0.4, 0.5) is 0 Å². The number of nitrogens with one attached hydrogen (secondary N) is 2. The second-order valence-corrected chi connectivity index (χ2v) is 5.48. The molecule has 0 spiro atoms. The first-order chi connectivity index (χ1) is 9.24. The van der Waals surface area contributed by atoms with Gasteiger partial charge in [0.2, 0.25) is 5.91 Å². The number of fused-ring (bicyclic) bond motifs is 1. The van der Waals surface area contributed by atoms with E-state index in [0.717, 1.165) is 38.6 Å². The molecule has 1 heterocycles. The number of carbonyl (C=O) groups excluding carboxylic acids is 1. The van der Waals surface area contributed by atoms with E-state index in [1.54, 1.807) is 6.07 Å². The van der Waals surface area contributed by atoms with Crippen LogP contribution in [0.2, 0.25) is 0 Å². The molecule has 0 bridgehead atoms. The molecule has 4 nitrogen and oxygen atoms in total. The molecule has 3 rings (SSSR count). The van der Waals surface area contributed by atoms with Gasteiger partial charge in [0.1, 0.15) is 5.75 Å². The molecule has 102 valence electrons. The van der Waals surface area contributed by atoms with Gasteiger partial charge in [-0.05, 0) is 55.4 Å². The summed E-state index contributed by atoms with van der Waals surface area (Å²) in [7, 11) is 0. The maximum absolute atomic E-state index is 12.0. The Hall–Kier alpha value is -1.55. The van der Waals surface area contributed by atoms with Crippen molar-refractivity contribution in [3.8, 4) is 5.75 Å². The Morgan fingerprint density at radius 2 is 2.11 bits per heavy atom. The topological polar surface area (TPSA) is 61.4 Å². The van der Waals surface area contributed by atoms with Gasteiger partial charge in [-0.15, -0.1) is 0 Å². The molecular formula is C15H20N2O2. The molecular weight excluding hydrogens is 240 g/mol. The average molecular weight is 260 g/mol. The number of carbonyl (C=O) groups is 1. The summed E-state index contributed by atoms with van der Waals surface area (Å²) >= 11 is 0. The summed E-state index contributed by atoms with van der Waals surface area (Å²) in [5, 5.41) is 15.9. The zero-order valence-electron chi connectivity index (χ0n) is 11.0. The molecule has 1 aliphatic heterocycles. The third-order valence-electron chi connectivity index (χ3n) is 4.14. The SMILES string of the molecule is O=C1NCCCCC1NC1CCc2cc(O)ccc21. The maximum atomic E-state index is 12.0. The van der Waals surface area contributed by atoms with Gasteiger partial charge in [-0.2, -0.15) is 0 Å². The summed E-state index contributed by atoms with van der Waals surface area (Å²) in [6, 6.07) is 5.71. The lowest BCUT2D eigenvalue weighted by atomic mass is 10.0. The number of phenols is 1. The van der Waals surface area contributed by atoms with Crippen LogP contribution in [-0.4, -0.2) is 23.6 Å². The highest BCUT2D eigenvalue weighted by Crippen LogP contribution is 2.33. The van der Waals surface area contributed by atoms with Crippen LogP contribution in [0.3, 0.4) is 0 Å². The van der Waals surface area contributed by atoms with Crippen molar-refractivity contribution in [3.05, 3.63) is 29.3 Å². The molecule has 2 aliphatic rings. The predicted octanol–water partition coefficient (Wildman–Crippen LogP) is 1.64. The van der Waals surface area contributed by atoms with Gasteiger partial charge in [0, 0.05) is 12.6 Å². The fourth-order valence-corrected chi connectivity index (χ4v) is 3.12. The minimum Gasteiger partial charge on any atom is -0.508 e. The lowest BCUT2D eigenvalue weighted by Gasteiger charge is -2.21. The van der Waals surface area contributed by atoms with Crippen molar-refractivity contribution in [2.45, 2.75) is 44.2 Å². The Labute approximate surface area is 113 Å². The highest BCUT2D eigenvalue weighted by Gasteiger charge is 2.28. The van der Waals surface area contributed by atoms with Crippen LogP contribution in [-0.2, 0) is 11.2 Å². The number of aromatic hydroxyl groups is 1. The van der Waals surface area contributed by atoms with E-state index in [1.165, 1.54) is 11.1 Å². The van der Waals surface area contributed by atoms with E-state index in [4.69, 9.17) is 0 Å². The van der Waals surface area contributed by atoms with Crippen LogP contribution in [0.1, 0.15) is 42.9 Å². The third-order valence-corrected chi connectivity index (χ3v) is 4.14. The molecule has 2 atom stereocenters. The Morgan fingerprint density at radius 3 is 3.00 bits per heavy atom. The Bertz CT molecular complexity index is 487. The molecule has 1 saturated heterocycles. The minimum absolute atomic E-state index is 0.0766. The van der Waals surface area contributed by atoms with E-state index >= 15 is 0 Å². The summed E-state index contributed by atoms with van der Waals surface area (Å²) < 4.78 is 0. The molecule has 0 aromatic heterocycles. The van der Waals surface area contributed by atoms with Gasteiger partial charge < -0.3 is 10.4 Å². The molecule has 1 aromatic rings. The summed E-state index contributed by atoms with van der Waals surface area (Å²) in [6.07, 6.45) is 5.04. The Kier molecular flexibility index (Phi) is 3.42. The first kappa shape index (κ1) is 12.5. The second-order valence-electron chi connectivity index (χ2n) is 5.48. The van der Waals surface area contributed by atoms with Gasteiger partial charge in [-0.25, -0.2) is 0 Å². The van der Waals surface area contributed by atoms with Gasteiger partial charge in [0.15, 0.2) is 0 Å². The number of aryl methyl sites for hydroxylation is 1. The van der Waals surface area contributed by atoms with E-state index < -0.39 is 0 Å². The minimum atomic E-state index is -0.0766. The van der Waals surface area contributed by atoms with Crippen LogP contribution < -0.4 is 10.6 Å². The maximum Gasteiger partial charge on any atom is 0.237 e. The predicted molar refractivity (Wildman–Crippen MR) is 73.0 cm³/mol. The van der Waals surface area contributed by atoms with Crippen LogP contribution >= 0.6 is 0 Å². The van der Waals surface area contributed by atoms with E-state index in [-0.39, 0.29) is 18.0 Å². The Morgan fingerprint density at radius 1 is 1.21 bits per heavy atom. The number of benzene rings is 1. The van der Waals surface area contributed by atoms with Crippen LogP contribution in [0.15, 0.2) is 18.2 Å². The zero-order valence-corrected chi connectivity index (χ0v) is 11.0. The fourth-order valence-electron chi connectivity index (χ4n) is 3.12. The van der Waals surface area contributed by atoms with Crippen molar-refractivity contribution < 1.29 is 9.90 Å². The van der Waals surface area contributed by atoms with Crippen molar-refractivity contribution >= 4 is 5.91 Å². The molecule has 1 aliphatic carbocycles. The molecule has 3 N–H and O–H groups in total. The number of hydrogen-bond donors (Lipinski definition) is 3. The van der Waals surface area contributed by atoms with Gasteiger partial charge in [-0.1, -0.05) is 6.07 Å². The van der Waals surface area contributed by atoms with Gasteiger partial charge in [-0.3, -0.25) is 10.1 Å². The summed E-state index contributed by atoms with van der Waals surface area (Å²) in [5.74, 6) is 0.455. The van der Waals surface area contributed by atoms with E-state index in [1.807, 2.05) is 12.1 Å². The molecule has 1 aromatic carbocycles. The zero-order chi connectivity index (χ0) is 13.2. The monoisotopic (exact) mass is 260 g/mol. The summed E-state index contributed by atoms with van der Waals surface area (Å²) in [5.41, 5.74) is 2.43. The molecule has 0 saturated carbocycles. The molecule has 0 radical (unpaired) electrons. The first-order valence-electron chi connectivity index (χ1n) is 7.09. The summed E-state index contributed by atoms with van der Waals surface area (Å²) in [4.78, 5) is 12.0. The first-order valence-corrected chi connectivity index (χ1v) is 7.09. The number of amides is 1. The second kappa shape index (κ2) is 5.21. The quantitative estimate of drug-likeness (QED) is 0.757. The third kappa shape index (κ3) is 2.59. The lowest BCUT2D eigenvalue weighted by Crippen LogP contribution is -2.43. The fraction of sp³-hybridized carbons (Fsp3) is 0.533. The highest BCUT2D eigenvalue weighted by molar-refractivity contribution is 5.82. The molecule has 1 amide bonds. The van der Waals surface area contributed by atoms with Crippen LogP contribution in [0.5, 0.6) is 5.75 Å². The smallest absolute Gasteiger partial charge is 0.237 e. The average Bonchev–Trinajstić information content (AvgIpc) is 2.67. The van der Waals surface area contributed by atoms with Crippen LogP contribution in [0.25, 0.3) is 0 Å². The largest absolute Gasteiger partial charge is 0.508 e. The van der Waals surface area contributed by atoms with Gasteiger partial charge >= 0.3 is 0 Å². The van der Waals surface area contributed by atoms with E-state index in [2.05, 4.69) is 10.6 Å². The van der Waals surface area contributed by atoms with Crippen molar-refractivity contribution in [1.29, 1.82) is 0 Å². The molecule has 1 fully saturated rings. The lowest BCUT2D eigenvalue weighted by molar-refractivity contribution is -0.123. The number of rotatable bonds is 2. The van der Waals surface area contributed by atoms with Crippen LogP contribution in [0, 0.1) is 0 Å². The van der Waals surface area contributed by atoms with Crippen molar-refractivity contribution in [2.75, 3.05) is 6.54 Å². The molecule has 2 unspecified atom stereocenters. The van der Waals surface area contributed by atoms with Crippen molar-refractivity contribution in [3.63, 3.8) is 0 Å². The van der Waals surface area contributed by atoms with Crippen molar-refractivity contribution in [1.82, 2.24) is 10.6 Å². The number of phenolic OH excluding ortho intramolecular Hbond substituents is 1. The van der Waals surface area contributed by atoms with Gasteiger partial charge in [0.25, 0.3) is 0 Å². The normalized spacial score (nSPS) is 26.6. The standard InChI is InChI=1S/C15H20N2O2/c18-11-5-6-12-10(9-11)4-7-13(12)17-14-3-1-2-8-16-15(14)19/h5-6,9,13-14,17-18H,1-4,7-8H2,(H,16,19). The van der Waals surface area contributed by atoms with E-state index in [9.17, 15) is 9.90 Å².